The summed E-state index contributed by atoms with van der Waals surface area (Å²) < 4.78 is 26.7. The van der Waals surface area contributed by atoms with Crippen LogP contribution < -0.4 is 10.6 Å². The first-order valence-electron chi connectivity index (χ1n) is 7.71. The molecule has 1 aromatic rings. The molecule has 0 spiro atoms. The Hall–Kier alpha value is -1.69. The number of hydrogen-bond acceptors (Lipinski definition) is 2. The minimum atomic E-state index is -0.687. The molecular formula is C18H18Cl2F2N2O. The molecule has 0 bridgehead atoms. The first-order valence-corrected chi connectivity index (χ1v) is 8.46. The van der Waals surface area contributed by atoms with Crippen LogP contribution in [0.1, 0.15) is 17.9 Å². The number of nitrogens with one attached hydrogen (secondary N) is 2. The van der Waals surface area contributed by atoms with Crippen LogP contribution in [0.3, 0.4) is 0 Å². The molecule has 1 fully saturated rings. The number of rotatable bonds is 7. The van der Waals surface area contributed by atoms with Gasteiger partial charge in [-0.3, -0.25) is 4.79 Å². The van der Waals surface area contributed by atoms with Crippen molar-refractivity contribution < 1.29 is 13.6 Å². The minimum absolute atomic E-state index is 0.00876. The van der Waals surface area contributed by atoms with E-state index in [1.807, 2.05) is 6.08 Å². The fraction of sp³-hybridized carbons (Fsp3) is 0.278. The summed E-state index contributed by atoms with van der Waals surface area (Å²) in [4.78, 5) is 10.8. The van der Waals surface area contributed by atoms with E-state index in [0.717, 1.165) is 6.54 Å². The van der Waals surface area contributed by atoms with Crippen LogP contribution in [-0.4, -0.2) is 19.5 Å². The summed E-state index contributed by atoms with van der Waals surface area (Å²) in [6.07, 6.45) is 6.19. The summed E-state index contributed by atoms with van der Waals surface area (Å²) in [6.45, 7) is 4.51. The number of anilines is 1. The van der Waals surface area contributed by atoms with Crippen molar-refractivity contribution in [2.24, 2.45) is 5.92 Å². The standard InChI is InChI=1S/C18H18Cl2F2N2O/c1-11(21)15(19)5-3-2-4-12-8-23-9-14(12)13-6-17(22)16(20)7-18(13)24-10-25/h2-3,5-7,10,12,14,23H,1,4,8-9H2,(H,24,25)/b3-2-,15-5+/t12-,14?/m0/s1. The van der Waals surface area contributed by atoms with E-state index in [0.29, 0.717) is 30.6 Å². The van der Waals surface area contributed by atoms with Gasteiger partial charge >= 0.3 is 0 Å². The van der Waals surface area contributed by atoms with Crippen molar-refractivity contribution in [3.8, 4) is 0 Å². The Bertz CT molecular complexity index is 719. The first kappa shape index (κ1) is 19.6. The topological polar surface area (TPSA) is 41.1 Å². The van der Waals surface area contributed by atoms with E-state index in [1.54, 1.807) is 6.08 Å². The largest absolute Gasteiger partial charge is 0.328 e. The highest BCUT2D eigenvalue weighted by Gasteiger charge is 2.30. The van der Waals surface area contributed by atoms with Gasteiger partial charge in [-0.05, 0) is 42.7 Å². The second-order valence-corrected chi connectivity index (χ2v) is 6.54. The van der Waals surface area contributed by atoms with Crippen molar-refractivity contribution in [1.82, 2.24) is 5.32 Å². The van der Waals surface area contributed by atoms with Gasteiger partial charge in [0.2, 0.25) is 6.41 Å². The second kappa shape index (κ2) is 9.13. The number of benzene rings is 1. The van der Waals surface area contributed by atoms with Crippen LogP contribution in [0, 0.1) is 11.7 Å². The molecule has 3 nitrogen and oxygen atoms in total. The lowest BCUT2D eigenvalue weighted by atomic mass is 9.85. The van der Waals surface area contributed by atoms with Gasteiger partial charge in [0.25, 0.3) is 0 Å². The summed E-state index contributed by atoms with van der Waals surface area (Å²) in [5.74, 6) is -1.02. The van der Waals surface area contributed by atoms with Crippen molar-refractivity contribution in [3.63, 3.8) is 0 Å². The van der Waals surface area contributed by atoms with Gasteiger partial charge in [-0.15, -0.1) is 0 Å². The third-order valence-electron chi connectivity index (χ3n) is 4.12. The molecule has 0 aromatic heterocycles. The van der Waals surface area contributed by atoms with Crippen molar-refractivity contribution in [1.29, 1.82) is 0 Å². The Balaban J connectivity index is 2.17. The number of carbonyl (C=O) groups is 1. The van der Waals surface area contributed by atoms with E-state index in [-0.39, 0.29) is 21.9 Å². The van der Waals surface area contributed by atoms with Crippen molar-refractivity contribution in [2.45, 2.75) is 12.3 Å². The van der Waals surface area contributed by atoms with Crippen LogP contribution in [0.25, 0.3) is 0 Å². The Morgan fingerprint density at radius 1 is 1.44 bits per heavy atom. The maximum Gasteiger partial charge on any atom is 0.211 e. The normalized spacial score (nSPS) is 20.9. The van der Waals surface area contributed by atoms with Crippen LogP contribution in [0.15, 0.2) is 47.8 Å². The van der Waals surface area contributed by atoms with Crippen molar-refractivity contribution in [3.05, 3.63) is 64.2 Å². The maximum absolute atomic E-state index is 13.9. The fourth-order valence-electron chi connectivity index (χ4n) is 2.90. The number of carbonyl (C=O) groups excluding carboxylic acids is 1. The Morgan fingerprint density at radius 2 is 2.20 bits per heavy atom. The molecule has 1 aliphatic rings. The highest BCUT2D eigenvalue weighted by molar-refractivity contribution is 6.31. The van der Waals surface area contributed by atoms with Gasteiger partial charge in [-0.25, -0.2) is 8.78 Å². The van der Waals surface area contributed by atoms with Gasteiger partial charge in [0.15, 0.2) is 0 Å². The predicted octanol–water partition coefficient (Wildman–Crippen LogP) is 4.90. The van der Waals surface area contributed by atoms with Crippen LogP contribution >= 0.6 is 23.2 Å². The number of halogens is 4. The average molecular weight is 387 g/mol. The molecule has 7 heteroatoms. The molecule has 2 N–H and O–H groups in total. The van der Waals surface area contributed by atoms with Gasteiger partial charge < -0.3 is 10.6 Å². The van der Waals surface area contributed by atoms with Gasteiger partial charge in [-0.1, -0.05) is 41.9 Å². The lowest BCUT2D eigenvalue weighted by molar-refractivity contribution is -0.105. The molecular weight excluding hydrogens is 369 g/mol. The zero-order valence-electron chi connectivity index (χ0n) is 13.4. The highest BCUT2D eigenvalue weighted by Crippen LogP contribution is 2.37. The van der Waals surface area contributed by atoms with Crippen LogP contribution in [0.2, 0.25) is 5.02 Å². The monoisotopic (exact) mass is 386 g/mol. The Morgan fingerprint density at radius 3 is 2.88 bits per heavy atom. The van der Waals surface area contributed by atoms with Crippen molar-refractivity contribution in [2.75, 3.05) is 18.4 Å². The van der Waals surface area contributed by atoms with Gasteiger partial charge in [0.1, 0.15) is 11.6 Å². The lowest BCUT2D eigenvalue weighted by Crippen LogP contribution is -2.13. The SMILES string of the molecule is C=C(F)/C(Cl)=C\C=C/C[C@H]1CNCC1c1cc(F)c(Cl)cc1NC=O. The molecule has 1 saturated heterocycles. The van der Waals surface area contributed by atoms with Gasteiger partial charge in [0, 0.05) is 18.2 Å². The first-order chi connectivity index (χ1) is 11.9. The summed E-state index contributed by atoms with van der Waals surface area (Å²) in [5, 5.41) is 5.76. The van der Waals surface area contributed by atoms with Gasteiger partial charge in [0.05, 0.1) is 10.1 Å². The van der Waals surface area contributed by atoms with Crippen LogP contribution in [0.5, 0.6) is 0 Å². The Kier molecular flexibility index (Phi) is 7.17. The maximum atomic E-state index is 13.9. The lowest BCUT2D eigenvalue weighted by Gasteiger charge is -2.21. The molecule has 134 valence electrons. The summed E-state index contributed by atoms with van der Waals surface area (Å²) in [5.41, 5.74) is 1.20. The quantitative estimate of drug-likeness (QED) is 0.516. The predicted molar refractivity (Wildman–Crippen MR) is 98.1 cm³/mol. The van der Waals surface area contributed by atoms with Crippen molar-refractivity contribution >= 4 is 35.3 Å². The summed E-state index contributed by atoms with van der Waals surface area (Å²) in [6, 6.07) is 2.79. The zero-order chi connectivity index (χ0) is 18.4. The van der Waals surface area contributed by atoms with E-state index in [4.69, 9.17) is 23.2 Å². The number of allylic oxidation sites excluding steroid dienone is 5. The van der Waals surface area contributed by atoms with Crippen LogP contribution in [-0.2, 0) is 4.79 Å². The highest BCUT2D eigenvalue weighted by atomic mass is 35.5. The van der Waals surface area contributed by atoms with E-state index >= 15 is 0 Å². The fourth-order valence-corrected chi connectivity index (χ4v) is 3.13. The molecule has 2 atom stereocenters. The minimum Gasteiger partial charge on any atom is -0.328 e. The number of amides is 1. The molecule has 1 aromatic carbocycles. The molecule has 1 unspecified atom stereocenters. The molecule has 0 radical (unpaired) electrons. The zero-order valence-corrected chi connectivity index (χ0v) is 14.9. The number of hydrogen-bond donors (Lipinski definition) is 2. The van der Waals surface area contributed by atoms with Gasteiger partial charge in [-0.2, -0.15) is 0 Å². The molecule has 2 rings (SSSR count). The second-order valence-electron chi connectivity index (χ2n) is 5.72. The smallest absolute Gasteiger partial charge is 0.211 e. The average Bonchev–Trinajstić information content (AvgIpc) is 3.03. The van der Waals surface area contributed by atoms with E-state index in [9.17, 15) is 13.6 Å². The van der Waals surface area contributed by atoms with Crippen LogP contribution in [0.4, 0.5) is 14.5 Å². The third-order valence-corrected chi connectivity index (χ3v) is 4.74. The molecule has 1 aliphatic heterocycles. The molecule has 25 heavy (non-hydrogen) atoms. The Labute approximate surface area is 155 Å². The van der Waals surface area contributed by atoms with E-state index < -0.39 is 11.6 Å². The summed E-state index contributed by atoms with van der Waals surface area (Å²) >= 11 is 11.5. The summed E-state index contributed by atoms with van der Waals surface area (Å²) in [7, 11) is 0. The molecule has 0 saturated carbocycles. The third kappa shape index (κ3) is 5.14. The van der Waals surface area contributed by atoms with E-state index in [2.05, 4.69) is 17.2 Å². The van der Waals surface area contributed by atoms with E-state index in [1.165, 1.54) is 18.2 Å². The molecule has 1 amide bonds. The molecule has 1 heterocycles. The molecule has 0 aliphatic carbocycles.